The molecule has 34 heavy (non-hydrogen) atoms. The third kappa shape index (κ3) is 4.36. The lowest BCUT2D eigenvalue weighted by Crippen LogP contribution is -2.49. The lowest BCUT2D eigenvalue weighted by molar-refractivity contribution is -0.130. The van der Waals surface area contributed by atoms with E-state index in [9.17, 15) is 4.79 Å². The van der Waals surface area contributed by atoms with E-state index in [1.165, 1.54) is 0 Å². The molecule has 1 aliphatic rings. The van der Waals surface area contributed by atoms with Crippen LogP contribution in [0, 0.1) is 0 Å². The molecule has 1 saturated heterocycles. The molecule has 9 nitrogen and oxygen atoms in total. The number of nitrogens with zero attached hydrogens (tertiary/aromatic N) is 5. The molecule has 1 amide bonds. The van der Waals surface area contributed by atoms with E-state index in [2.05, 4.69) is 30.9 Å². The molecule has 0 aliphatic carbocycles. The van der Waals surface area contributed by atoms with Gasteiger partial charge in [-0.1, -0.05) is 0 Å². The first-order valence-corrected chi connectivity index (χ1v) is 11.1. The van der Waals surface area contributed by atoms with Gasteiger partial charge in [0.15, 0.2) is 0 Å². The molecule has 0 radical (unpaired) electrons. The molecule has 1 fully saturated rings. The van der Waals surface area contributed by atoms with Crippen molar-refractivity contribution in [2.45, 2.75) is 6.42 Å². The normalized spacial score (nSPS) is 13.8. The summed E-state index contributed by atoms with van der Waals surface area (Å²) in [5.74, 6) is 2.32. The summed E-state index contributed by atoms with van der Waals surface area (Å²) >= 11 is 0. The van der Waals surface area contributed by atoms with Crippen molar-refractivity contribution in [1.82, 2.24) is 24.8 Å². The Hall–Kier alpha value is -4.14. The van der Waals surface area contributed by atoms with Crippen LogP contribution in [0.1, 0.15) is 5.56 Å². The molecule has 174 valence electrons. The predicted molar refractivity (Wildman–Crippen MR) is 129 cm³/mol. The van der Waals surface area contributed by atoms with Crippen molar-refractivity contribution < 1.29 is 14.3 Å². The molecule has 9 heteroatoms. The molecule has 1 aliphatic heterocycles. The van der Waals surface area contributed by atoms with E-state index in [1.54, 1.807) is 32.8 Å². The smallest absolute Gasteiger partial charge is 0.227 e. The third-order valence-corrected chi connectivity index (χ3v) is 6.08. The van der Waals surface area contributed by atoms with Gasteiger partial charge in [-0.05, 0) is 35.9 Å². The number of hydrogen-bond acceptors (Lipinski definition) is 7. The van der Waals surface area contributed by atoms with Gasteiger partial charge in [0, 0.05) is 55.9 Å². The molecular weight excluding hydrogens is 432 g/mol. The summed E-state index contributed by atoms with van der Waals surface area (Å²) in [5.41, 5.74) is 3.61. The fourth-order valence-corrected chi connectivity index (χ4v) is 4.28. The average Bonchev–Trinajstić information content (AvgIpc) is 3.33. The minimum absolute atomic E-state index is 0.0864. The minimum atomic E-state index is 0.0864. The van der Waals surface area contributed by atoms with Crippen LogP contribution in [-0.2, 0) is 11.2 Å². The number of nitrogens with one attached hydrogen (secondary N) is 1. The van der Waals surface area contributed by atoms with Crippen LogP contribution in [-0.4, -0.2) is 71.1 Å². The fourth-order valence-electron chi connectivity index (χ4n) is 4.28. The molecule has 0 spiro atoms. The summed E-state index contributed by atoms with van der Waals surface area (Å²) in [7, 11) is 3.21. The van der Waals surface area contributed by atoms with Gasteiger partial charge in [-0.3, -0.25) is 9.78 Å². The van der Waals surface area contributed by atoms with Crippen molar-refractivity contribution in [1.29, 1.82) is 0 Å². The van der Waals surface area contributed by atoms with Gasteiger partial charge in [0.2, 0.25) is 5.91 Å². The van der Waals surface area contributed by atoms with E-state index >= 15 is 0 Å². The minimum Gasteiger partial charge on any atom is -0.497 e. The second-order valence-corrected chi connectivity index (χ2v) is 8.15. The van der Waals surface area contributed by atoms with Crippen molar-refractivity contribution in [3.8, 4) is 22.8 Å². The number of amides is 1. The lowest BCUT2D eigenvalue weighted by atomic mass is 10.1. The Morgan fingerprint density at radius 1 is 1.03 bits per heavy atom. The molecule has 1 aromatic carbocycles. The van der Waals surface area contributed by atoms with Crippen LogP contribution in [0.25, 0.3) is 22.3 Å². The van der Waals surface area contributed by atoms with Crippen LogP contribution in [0.2, 0.25) is 0 Å². The van der Waals surface area contributed by atoms with Gasteiger partial charge in [-0.15, -0.1) is 0 Å². The van der Waals surface area contributed by atoms with Crippen molar-refractivity contribution in [3.63, 3.8) is 0 Å². The number of H-pyrrole nitrogens is 1. The zero-order chi connectivity index (χ0) is 23.5. The molecule has 4 aromatic rings. The first-order valence-electron chi connectivity index (χ1n) is 11.1. The number of ether oxygens (including phenoxy) is 2. The van der Waals surface area contributed by atoms with E-state index in [0.717, 1.165) is 33.7 Å². The molecule has 0 atom stereocenters. The predicted octanol–water partition coefficient (Wildman–Crippen LogP) is 2.93. The number of anilines is 1. The van der Waals surface area contributed by atoms with Crippen LogP contribution in [0.15, 0.2) is 55.1 Å². The Bertz CT molecular complexity index is 1280. The molecule has 3 aromatic heterocycles. The quantitative estimate of drug-likeness (QED) is 0.475. The molecular formula is C25H26N6O3. The molecule has 0 bridgehead atoms. The second-order valence-electron chi connectivity index (χ2n) is 8.15. The van der Waals surface area contributed by atoms with Crippen molar-refractivity contribution in [2.24, 2.45) is 0 Å². The monoisotopic (exact) mass is 458 g/mol. The Balaban J connectivity index is 1.28. The number of carbonyl (C=O) groups is 1. The Kier molecular flexibility index (Phi) is 5.99. The van der Waals surface area contributed by atoms with E-state index in [1.807, 2.05) is 35.4 Å². The Morgan fingerprint density at radius 3 is 2.47 bits per heavy atom. The van der Waals surface area contributed by atoms with E-state index in [4.69, 9.17) is 9.47 Å². The largest absolute Gasteiger partial charge is 0.497 e. The second kappa shape index (κ2) is 9.38. The summed E-state index contributed by atoms with van der Waals surface area (Å²) in [6.45, 7) is 2.66. The SMILES string of the molecule is COc1cc(CC(=O)N2CCN(c3ncnc4[nH]c(-c5cccnc5)cc34)CC2)cc(OC)c1. The van der Waals surface area contributed by atoms with Crippen LogP contribution in [0.3, 0.4) is 0 Å². The number of aromatic nitrogens is 4. The van der Waals surface area contributed by atoms with E-state index in [0.29, 0.717) is 44.1 Å². The highest BCUT2D eigenvalue weighted by molar-refractivity contribution is 5.92. The zero-order valence-corrected chi connectivity index (χ0v) is 19.2. The fraction of sp³-hybridized carbons (Fsp3) is 0.280. The van der Waals surface area contributed by atoms with Gasteiger partial charge in [0.05, 0.1) is 26.0 Å². The van der Waals surface area contributed by atoms with Crippen LogP contribution < -0.4 is 14.4 Å². The van der Waals surface area contributed by atoms with Crippen LogP contribution >= 0.6 is 0 Å². The summed E-state index contributed by atoms with van der Waals surface area (Å²) in [4.78, 5) is 33.6. The first-order chi connectivity index (χ1) is 16.6. The van der Waals surface area contributed by atoms with Gasteiger partial charge < -0.3 is 24.3 Å². The molecule has 4 heterocycles. The maximum absolute atomic E-state index is 13.0. The summed E-state index contributed by atoms with van der Waals surface area (Å²) in [5, 5.41) is 0.963. The van der Waals surface area contributed by atoms with Gasteiger partial charge >= 0.3 is 0 Å². The summed E-state index contributed by atoms with van der Waals surface area (Å²) in [6, 6.07) is 11.5. The Morgan fingerprint density at radius 2 is 1.79 bits per heavy atom. The molecule has 5 rings (SSSR count). The first kappa shape index (κ1) is 21.7. The summed E-state index contributed by atoms with van der Waals surface area (Å²) < 4.78 is 10.6. The topological polar surface area (TPSA) is 96.5 Å². The van der Waals surface area contributed by atoms with Crippen molar-refractivity contribution >= 4 is 22.8 Å². The maximum atomic E-state index is 13.0. The summed E-state index contributed by atoms with van der Waals surface area (Å²) in [6.07, 6.45) is 5.45. The number of piperazine rings is 1. The van der Waals surface area contributed by atoms with Crippen molar-refractivity contribution in [2.75, 3.05) is 45.3 Å². The highest BCUT2D eigenvalue weighted by Crippen LogP contribution is 2.29. The van der Waals surface area contributed by atoms with Crippen LogP contribution in [0.4, 0.5) is 5.82 Å². The number of rotatable bonds is 6. The number of fused-ring (bicyclic) bond motifs is 1. The molecule has 0 unspecified atom stereocenters. The maximum Gasteiger partial charge on any atom is 0.227 e. The number of methoxy groups -OCH3 is 2. The van der Waals surface area contributed by atoms with Gasteiger partial charge in [-0.25, -0.2) is 9.97 Å². The molecule has 0 saturated carbocycles. The van der Waals surface area contributed by atoms with Gasteiger partial charge in [0.25, 0.3) is 0 Å². The zero-order valence-electron chi connectivity index (χ0n) is 19.2. The number of hydrogen-bond donors (Lipinski definition) is 1. The number of pyridine rings is 1. The van der Waals surface area contributed by atoms with Gasteiger partial charge in [-0.2, -0.15) is 0 Å². The standard InChI is InChI=1S/C25H26N6O3/c1-33-19-10-17(11-20(13-19)34-2)12-23(32)30-6-8-31(9-7-30)25-21-14-22(18-4-3-5-26-15-18)29-24(21)27-16-28-25/h3-5,10-11,13-16H,6-9,12H2,1-2H3,(H,27,28,29). The number of aromatic amines is 1. The third-order valence-electron chi connectivity index (χ3n) is 6.08. The van der Waals surface area contributed by atoms with E-state index in [-0.39, 0.29) is 5.91 Å². The highest BCUT2D eigenvalue weighted by atomic mass is 16.5. The van der Waals surface area contributed by atoms with E-state index < -0.39 is 0 Å². The number of carbonyl (C=O) groups excluding carboxylic acids is 1. The number of benzene rings is 1. The van der Waals surface area contributed by atoms with Crippen molar-refractivity contribution in [3.05, 3.63) is 60.7 Å². The van der Waals surface area contributed by atoms with Gasteiger partial charge in [0.1, 0.15) is 29.3 Å². The van der Waals surface area contributed by atoms with Crippen LogP contribution in [0.5, 0.6) is 11.5 Å². The lowest BCUT2D eigenvalue weighted by Gasteiger charge is -2.35. The average molecular weight is 459 g/mol. The Labute approximate surface area is 197 Å². The highest BCUT2D eigenvalue weighted by Gasteiger charge is 2.24. The molecule has 1 N–H and O–H groups in total.